The molecule has 110 valence electrons. The third kappa shape index (κ3) is 4.37. The molecule has 2 rings (SSSR count). The van der Waals surface area contributed by atoms with Crippen molar-refractivity contribution in [2.24, 2.45) is 5.92 Å². The van der Waals surface area contributed by atoms with Gasteiger partial charge in [0.25, 0.3) is 0 Å². The Hall–Kier alpha value is -0.770. The molecule has 0 aromatic carbocycles. The highest BCUT2D eigenvalue weighted by Gasteiger charge is 2.28. The molecule has 1 heterocycles. The van der Waals surface area contributed by atoms with Crippen molar-refractivity contribution in [3.05, 3.63) is 0 Å². The number of ether oxygens (including phenoxy) is 1. The van der Waals surface area contributed by atoms with Crippen molar-refractivity contribution in [2.75, 3.05) is 19.8 Å². The summed E-state index contributed by atoms with van der Waals surface area (Å²) in [5.74, 6) is 0.645. The summed E-state index contributed by atoms with van der Waals surface area (Å²) in [7, 11) is 0. The average Bonchev–Trinajstić information content (AvgIpc) is 3.01. The molecule has 1 saturated heterocycles. The topological polar surface area (TPSA) is 41.6 Å². The van der Waals surface area contributed by atoms with E-state index in [1.54, 1.807) is 0 Å². The number of hydrogen-bond acceptors (Lipinski definition) is 2. The molecule has 0 radical (unpaired) electrons. The number of carbonyl (C=O) groups excluding carboxylic acids is 1. The maximum Gasteiger partial charge on any atom is 0.317 e. The summed E-state index contributed by atoms with van der Waals surface area (Å²) >= 11 is 0. The van der Waals surface area contributed by atoms with Crippen molar-refractivity contribution in [3.8, 4) is 0 Å². The third-order valence-electron chi connectivity index (χ3n) is 4.23. The Morgan fingerprint density at radius 3 is 2.63 bits per heavy atom. The Morgan fingerprint density at radius 2 is 2.05 bits per heavy atom. The van der Waals surface area contributed by atoms with E-state index in [2.05, 4.69) is 24.1 Å². The highest BCUT2D eigenvalue weighted by molar-refractivity contribution is 5.75. The minimum atomic E-state index is 0.128. The van der Waals surface area contributed by atoms with Crippen LogP contribution in [0.1, 0.15) is 52.4 Å². The summed E-state index contributed by atoms with van der Waals surface area (Å²) in [4.78, 5) is 14.5. The fourth-order valence-corrected chi connectivity index (χ4v) is 2.97. The molecule has 2 aliphatic rings. The maximum atomic E-state index is 12.5. The minimum Gasteiger partial charge on any atom is -0.379 e. The van der Waals surface area contributed by atoms with E-state index in [0.717, 1.165) is 26.0 Å². The lowest BCUT2D eigenvalue weighted by Gasteiger charge is -2.31. The molecule has 1 aliphatic heterocycles. The van der Waals surface area contributed by atoms with Crippen LogP contribution in [0.25, 0.3) is 0 Å². The molecule has 2 fully saturated rings. The Labute approximate surface area is 116 Å². The first-order chi connectivity index (χ1) is 9.16. The van der Waals surface area contributed by atoms with Crippen LogP contribution in [-0.4, -0.2) is 42.8 Å². The second-order valence-electron chi connectivity index (χ2n) is 6.32. The van der Waals surface area contributed by atoms with Gasteiger partial charge in [0, 0.05) is 19.2 Å². The van der Waals surface area contributed by atoms with Gasteiger partial charge in [-0.3, -0.25) is 0 Å². The van der Waals surface area contributed by atoms with Gasteiger partial charge in [0.05, 0.1) is 12.6 Å². The van der Waals surface area contributed by atoms with Gasteiger partial charge < -0.3 is 15.0 Å². The molecule has 4 heteroatoms. The van der Waals surface area contributed by atoms with Crippen molar-refractivity contribution >= 4 is 6.03 Å². The van der Waals surface area contributed by atoms with E-state index in [9.17, 15) is 4.79 Å². The first-order valence-electron chi connectivity index (χ1n) is 7.81. The number of amides is 2. The standard InChI is InChI=1S/C15H28N2O2/c1-12(2)7-9-17(14-5-3-4-6-14)15(18)16-13-8-10-19-11-13/h12-14H,3-11H2,1-2H3,(H,16,18). The van der Waals surface area contributed by atoms with E-state index in [-0.39, 0.29) is 12.1 Å². The first kappa shape index (κ1) is 14.6. The van der Waals surface area contributed by atoms with E-state index in [4.69, 9.17) is 4.74 Å². The van der Waals surface area contributed by atoms with E-state index in [1.807, 2.05) is 0 Å². The van der Waals surface area contributed by atoms with Crippen molar-refractivity contribution in [1.29, 1.82) is 0 Å². The fraction of sp³-hybridized carbons (Fsp3) is 0.933. The van der Waals surface area contributed by atoms with E-state index >= 15 is 0 Å². The van der Waals surface area contributed by atoms with Gasteiger partial charge in [-0.15, -0.1) is 0 Å². The van der Waals surface area contributed by atoms with Gasteiger partial charge in [-0.25, -0.2) is 4.79 Å². The number of hydrogen-bond donors (Lipinski definition) is 1. The molecule has 0 aromatic rings. The minimum absolute atomic E-state index is 0.128. The van der Waals surface area contributed by atoms with Crippen LogP contribution < -0.4 is 5.32 Å². The fourth-order valence-electron chi connectivity index (χ4n) is 2.97. The lowest BCUT2D eigenvalue weighted by Crippen LogP contribution is -2.49. The number of urea groups is 1. The lowest BCUT2D eigenvalue weighted by atomic mass is 10.1. The van der Waals surface area contributed by atoms with Gasteiger partial charge in [0.15, 0.2) is 0 Å². The molecular formula is C15H28N2O2. The molecule has 0 aromatic heterocycles. The summed E-state index contributed by atoms with van der Waals surface area (Å²) in [5, 5.41) is 3.14. The Bertz CT molecular complexity index is 282. The molecule has 1 unspecified atom stereocenters. The third-order valence-corrected chi connectivity index (χ3v) is 4.23. The highest BCUT2D eigenvalue weighted by atomic mass is 16.5. The zero-order chi connectivity index (χ0) is 13.7. The van der Waals surface area contributed by atoms with Crippen LogP contribution in [0.4, 0.5) is 4.79 Å². The monoisotopic (exact) mass is 268 g/mol. The molecule has 19 heavy (non-hydrogen) atoms. The highest BCUT2D eigenvalue weighted by Crippen LogP contribution is 2.24. The van der Waals surface area contributed by atoms with E-state index in [1.165, 1.54) is 25.7 Å². The summed E-state index contributed by atoms with van der Waals surface area (Å²) in [5.41, 5.74) is 0. The number of nitrogens with one attached hydrogen (secondary N) is 1. The van der Waals surface area contributed by atoms with Gasteiger partial charge in [-0.1, -0.05) is 26.7 Å². The smallest absolute Gasteiger partial charge is 0.317 e. The Kier molecular flexibility index (Phi) is 5.49. The van der Waals surface area contributed by atoms with Crippen LogP contribution in [0.2, 0.25) is 0 Å². The summed E-state index contributed by atoms with van der Waals surface area (Å²) < 4.78 is 5.33. The summed E-state index contributed by atoms with van der Waals surface area (Å²) in [6, 6.07) is 0.805. The number of rotatable bonds is 5. The molecule has 2 amide bonds. The zero-order valence-corrected chi connectivity index (χ0v) is 12.4. The number of carbonyl (C=O) groups is 1. The van der Waals surface area contributed by atoms with Crippen molar-refractivity contribution in [1.82, 2.24) is 10.2 Å². The molecule has 0 spiro atoms. The quantitative estimate of drug-likeness (QED) is 0.833. The van der Waals surface area contributed by atoms with Gasteiger partial charge in [-0.2, -0.15) is 0 Å². The van der Waals surface area contributed by atoms with Crippen molar-refractivity contribution in [3.63, 3.8) is 0 Å². The molecule has 1 atom stereocenters. The second kappa shape index (κ2) is 7.13. The van der Waals surface area contributed by atoms with Crippen LogP contribution in [0, 0.1) is 5.92 Å². The van der Waals surface area contributed by atoms with Crippen LogP contribution in [0.15, 0.2) is 0 Å². The second-order valence-corrected chi connectivity index (χ2v) is 6.32. The molecule has 1 aliphatic carbocycles. The maximum absolute atomic E-state index is 12.5. The van der Waals surface area contributed by atoms with Gasteiger partial charge >= 0.3 is 6.03 Å². The average molecular weight is 268 g/mol. The SMILES string of the molecule is CC(C)CCN(C(=O)NC1CCOC1)C1CCCC1. The van der Waals surface area contributed by atoms with Gasteiger partial charge in [0.2, 0.25) is 0 Å². The predicted octanol–water partition coefficient (Wildman–Crippen LogP) is 2.78. The van der Waals surface area contributed by atoms with Crippen LogP contribution in [-0.2, 0) is 4.74 Å². The van der Waals surface area contributed by atoms with Gasteiger partial charge in [0.1, 0.15) is 0 Å². The molecule has 1 saturated carbocycles. The molecule has 0 bridgehead atoms. The largest absolute Gasteiger partial charge is 0.379 e. The molecular weight excluding hydrogens is 240 g/mol. The van der Waals surface area contributed by atoms with E-state index < -0.39 is 0 Å². The predicted molar refractivity (Wildman–Crippen MR) is 76.2 cm³/mol. The van der Waals surface area contributed by atoms with Crippen LogP contribution in [0.5, 0.6) is 0 Å². The molecule has 4 nitrogen and oxygen atoms in total. The molecule has 1 N–H and O–H groups in total. The van der Waals surface area contributed by atoms with Crippen molar-refractivity contribution in [2.45, 2.75) is 64.5 Å². The lowest BCUT2D eigenvalue weighted by molar-refractivity contribution is 0.161. The van der Waals surface area contributed by atoms with Gasteiger partial charge in [-0.05, 0) is 31.6 Å². The summed E-state index contributed by atoms with van der Waals surface area (Å²) in [6.07, 6.45) is 6.92. The Morgan fingerprint density at radius 1 is 1.32 bits per heavy atom. The number of nitrogens with zero attached hydrogens (tertiary/aromatic N) is 1. The van der Waals surface area contributed by atoms with E-state index in [0.29, 0.717) is 18.6 Å². The van der Waals surface area contributed by atoms with Crippen LogP contribution in [0.3, 0.4) is 0 Å². The summed E-state index contributed by atoms with van der Waals surface area (Å²) in [6.45, 7) is 6.78. The Balaban J connectivity index is 1.88. The normalized spacial score (nSPS) is 24.1. The van der Waals surface area contributed by atoms with Crippen LogP contribution >= 0.6 is 0 Å². The zero-order valence-electron chi connectivity index (χ0n) is 12.4. The van der Waals surface area contributed by atoms with Crippen molar-refractivity contribution < 1.29 is 9.53 Å². The first-order valence-corrected chi connectivity index (χ1v) is 7.81.